The molecule has 0 amide bonds. The Balaban J connectivity index is 3.24. The first-order valence-electron chi connectivity index (χ1n) is 7.02. The zero-order valence-electron chi connectivity index (χ0n) is 11.7. The molecule has 0 atom stereocenters. The third-order valence-electron chi connectivity index (χ3n) is 2.50. The number of esters is 2. The SMILES string of the molecule is CCCCOC(=O)CCCCCOC(=O)CCC. The predicted molar refractivity (Wildman–Crippen MR) is 70.2 cm³/mol. The van der Waals surface area contributed by atoms with Crippen LogP contribution in [-0.4, -0.2) is 25.2 Å². The summed E-state index contributed by atoms with van der Waals surface area (Å²) in [5.74, 6) is -0.247. The van der Waals surface area contributed by atoms with E-state index >= 15 is 0 Å². The summed E-state index contributed by atoms with van der Waals surface area (Å²) < 4.78 is 10.0. The molecule has 4 heteroatoms. The molecule has 0 radical (unpaired) electrons. The van der Waals surface area contributed by atoms with Gasteiger partial charge in [0.15, 0.2) is 0 Å². The Bertz CT molecular complexity index is 226. The van der Waals surface area contributed by atoms with Gasteiger partial charge in [0, 0.05) is 12.8 Å². The maximum atomic E-state index is 11.2. The molecule has 0 heterocycles. The first-order valence-corrected chi connectivity index (χ1v) is 7.02. The van der Waals surface area contributed by atoms with Crippen molar-refractivity contribution in [1.29, 1.82) is 0 Å². The van der Waals surface area contributed by atoms with Crippen molar-refractivity contribution in [1.82, 2.24) is 0 Å². The maximum absolute atomic E-state index is 11.2. The van der Waals surface area contributed by atoms with E-state index in [9.17, 15) is 9.59 Å². The van der Waals surface area contributed by atoms with Crippen LogP contribution in [0.15, 0.2) is 0 Å². The Morgan fingerprint density at radius 3 is 1.94 bits per heavy atom. The number of unbranched alkanes of at least 4 members (excludes halogenated alkanes) is 3. The van der Waals surface area contributed by atoms with Crippen molar-refractivity contribution in [3.63, 3.8) is 0 Å². The Labute approximate surface area is 110 Å². The van der Waals surface area contributed by atoms with Gasteiger partial charge < -0.3 is 9.47 Å². The van der Waals surface area contributed by atoms with Crippen LogP contribution >= 0.6 is 0 Å². The largest absolute Gasteiger partial charge is 0.466 e. The van der Waals surface area contributed by atoms with Gasteiger partial charge in [-0.1, -0.05) is 20.3 Å². The van der Waals surface area contributed by atoms with Crippen molar-refractivity contribution in [3.05, 3.63) is 0 Å². The van der Waals surface area contributed by atoms with Crippen LogP contribution in [0.25, 0.3) is 0 Å². The summed E-state index contributed by atoms with van der Waals surface area (Å²) in [5.41, 5.74) is 0. The van der Waals surface area contributed by atoms with Gasteiger partial charge in [-0.15, -0.1) is 0 Å². The molecule has 0 aliphatic carbocycles. The van der Waals surface area contributed by atoms with Crippen LogP contribution in [0.1, 0.15) is 65.2 Å². The number of carbonyl (C=O) groups is 2. The fourth-order valence-corrected chi connectivity index (χ4v) is 1.41. The van der Waals surface area contributed by atoms with Crippen LogP contribution in [0, 0.1) is 0 Å². The van der Waals surface area contributed by atoms with Crippen LogP contribution in [-0.2, 0) is 19.1 Å². The van der Waals surface area contributed by atoms with Crippen molar-refractivity contribution in [3.8, 4) is 0 Å². The average Bonchev–Trinajstić information content (AvgIpc) is 2.34. The van der Waals surface area contributed by atoms with Crippen LogP contribution < -0.4 is 0 Å². The minimum Gasteiger partial charge on any atom is -0.466 e. The molecule has 4 nitrogen and oxygen atoms in total. The highest BCUT2D eigenvalue weighted by Crippen LogP contribution is 2.03. The Morgan fingerprint density at radius 1 is 0.722 bits per heavy atom. The summed E-state index contributed by atoms with van der Waals surface area (Å²) in [6, 6.07) is 0. The van der Waals surface area contributed by atoms with Crippen LogP contribution in [0.4, 0.5) is 0 Å². The predicted octanol–water partition coefficient (Wildman–Crippen LogP) is 3.23. The van der Waals surface area contributed by atoms with E-state index in [0.29, 0.717) is 26.1 Å². The van der Waals surface area contributed by atoms with Gasteiger partial charge in [0.25, 0.3) is 0 Å². The van der Waals surface area contributed by atoms with Crippen LogP contribution in [0.3, 0.4) is 0 Å². The molecule has 18 heavy (non-hydrogen) atoms. The van der Waals surface area contributed by atoms with Crippen molar-refractivity contribution in [2.75, 3.05) is 13.2 Å². The molecule has 0 saturated heterocycles. The highest BCUT2D eigenvalue weighted by molar-refractivity contribution is 5.69. The summed E-state index contributed by atoms with van der Waals surface area (Å²) in [6.45, 7) is 5.01. The van der Waals surface area contributed by atoms with Crippen molar-refractivity contribution in [2.24, 2.45) is 0 Å². The lowest BCUT2D eigenvalue weighted by molar-refractivity contribution is -0.145. The summed E-state index contributed by atoms with van der Waals surface area (Å²) in [7, 11) is 0. The molecule has 0 spiro atoms. The zero-order valence-corrected chi connectivity index (χ0v) is 11.7. The van der Waals surface area contributed by atoms with E-state index < -0.39 is 0 Å². The van der Waals surface area contributed by atoms with Gasteiger partial charge in [-0.2, -0.15) is 0 Å². The second-order valence-electron chi connectivity index (χ2n) is 4.36. The molecule has 0 aromatic rings. The van der Waals surface area contributed by atoms with Gasteiger partial charge in [-0.25, -0.2) is 0 Å². The Hall–Kier alpha value is -1.06. The molecule has 0 aliphatic rings. The number of hydrogen-bond acceptors (Lipinski definition) is 4. The number of hydrogen-bond donors (Lipinski definition) is 0. The van der Waals surface area contributed by atoms with Crippen LogP contribution in [0.2, 0.25) is 0 Å². The summed E-state index contributed by atoms with van der Waals surface area (Å²) in [6.07, 6.45) is 6.25. The van der Waals surface area contributed by atoms with Crippen molar-refractivity contribution < 1.29 is 19.1 Å². The molecular weight excluding hydrogens is 232 g/mol. The molecule has 0 aromatic carbocycles. The first kappa shape index (κ1) is 16.9. The third kappa shape index (κ3) is 11.4. The second-order valence-corrected chi connectivity index (χ2v) is 4.36. The van der Waals surface area contributed by atoms with E-state index in [1.54, 1.807) is 0 Å². The van der Waals surface area contributed by atoms with Gasteiger partial charge in [0.1, 0.15) is 0 Å². The average molecular weight is 258 g/mol. The van der Waals surface area contributed by atoms with E-state index in [2.05, 4.69) is 6.92 Å². The minimum atomic E-state index is -0.128. The molecule has 0 rings (SSSR count). The standard InChI is InChI=1S/C14H26O4/c1-3-5-11-17-14(16)10-7-6-8-12-18-13(15)9-4-2/h3-12H2,1-2H3. The fraction of sp³-hybridized carbons (Fsp3) is 0.857. The van der Waals surface area contributed by atoms with Gasteiger partial charge in [0.2, 0.25) is 0 Å². The topological polar surface area (TPSA) is 52.6 Å². The molecule has 0 unspecified atom stereocenters. The summed E-state index contributed by atoms with van der Waals surface area (Å²) in [5, 5.41) is 0. The van der Waals surface area contributed by atoms with Crippen molar-refractivity contribution >= 4 is 11.9 Å². The van der Waals surface area contributed by atoms with E-state index in [1.165, 1.54) is 0 Å². The molecule has 0 aromatic heterocycles. The number of rotatable bonds is 11. The van der Waals surface area contributed by atoms with Gasteiger partial charge in [-0.3, -0.25) is 9.59 Å². The number of carbonyl (C=O) groups excluding carboxylic acids is 2. The van der Waals surface area contributed by atoms with E-state index in [4.69, 9.17) is 9.47 Å². The highest BCUT2D eigenvalue weighted by Gasteiger charge is 2.03. The molecule has 0 aliphatic heterocycles. The lowest BCUT2D eigenvalue weighted by atomic mass is 10.2. The second kappa shape index (κ2) is 12.4. The van der Waals surface area contributed by atoms with Gasteiger partial charge in [0.05, 0.1) is 13.2 Å². The lowest BCUT2D eigenvalue weighted by Gasteiger charge is -2.05. The van der Waals surface area contributed by atoms with Gasteiger partial charge >= 0.3 is 11.9 Å². The summed E-state index contributed by atoms with van der Waals surface area (Å²) in [4.78, 5) is 22.3. The molecule has 0 saturated carbocycles. The van der Waals surface area contributed by atoms with Crippen LogP contribution in [0.5, 0.6) is 0 Å². The minimum absolute atomic E-state index is 0.119. The van der Waals surface area contributed by atoms with Gasteiger partial charge in [-0.05, 0) is 32.1 Å². The highest BCUT2D eigenvalue weighted by atomic mass is 16.5. The number of ether oxygens (including phenoxy) is 2. The zero-order chi connectivity index (χ0) is 13.6. The molecular formula is C14H26O4. The fourth-order valence-electron chi connectivity index (χ4n) is 1.41. The first-order chi connectivity index (χ1) is 8.70. The lowest BCUT2D eigenvalue weighted by Crippen LogP contribution is -2.07. The smallest absolute Gasteiger partial charge is 0.305 e. The van der Waals surface area contributed by atoms with E-state index in [-0.39, 0.29) is 11.9 Å². The van der Waals surface area contributed by atoms with E-state index in [0.717, 1.165) is 38.5 Å². The Kier molecular flexibility index (Phi) is 11.7. The third-order valence-corrected chi connectivity index (χ3v) is 2.50. The maximum Gasteiger partial charge on any atom is 0.305 e. The normalized spacial score (nSPS) is 10.1. The summed E-state index contributed by atoms with van der Waals surface area (Å²) >= 11 is 0. The van der Waals surface area contributed by atoms with E-state index in [1.807, 2.05) is 6.92 Å². The quantitative estimate of drug-likeness (QED) is 0.422. The Morgan fingerprint density at radius 2 is 1.33 bits per heavy atom. The molecule has 106 valence electrons. The monoisotopic (exact) mass is 258 g/mol. The molecule has 0 fully saturated rings. The van der Waals surface area contributed by atoms with Crippen molar-refractivity contribution in [2.45, 2.75) is 65.2 Å². The molecule has 0 N–H and O–H groups in total. The molecule has 0 bridgehead atoms.